The number of carbonyl (C=O) groups is 1. The Hall–Kier alpha value is -2.40. The van der Waals surface area contributed by atoms with Crippen molar-refractivity contribution in [1.29, 1.82) is 0 Å². The standard InChI is InChI=1S/C22H22BrN3O/c1-14(2)19-18-20(25-13-12-24-19)22(27)26(17-6-4-3-5-7-17)21(18)15-8-10-16(23)11-9-15/h3-11,14,21,24H,12-13H2,1-2H3. The van der Waals surface area contributed by atoms with Crippen LogP contribution in [-0.4, -0.2) is 24.7 Å². The van der Waals surface area contributed by atoms with E-state index in [1.165, 1.54) is 0 Å². The Morgan fingerprint density at radius 3 is 2.48 bits per heavy atom. The molecular formula is C22H22BrN3O. The van der Waals surface area contributed by atoms with Crippen molar-refractivity contribution in [3.05, 3.63) is 75.9 Å². The minimum atomic E-state index is -0.185. The van der Waals surface area contributed by atoms with Crippen LogP contribution in [0, 0.1) is 5.92 Å². The molecule has 1 amide bonds. The lowest BCUT2D eigenvalue weighted by Crippen LogP contribution is -2.30. The van der Waals surface area contributed by atoms with Gasteiger partial charge in [0.1, 0.15) is 5.71 Å². The third kappa shape index (κ3) is 3.21. The normalized spacial score (nSPS) is 19.7. The van der Waals surface area contributed by atoms with Gasteiger partial charge in [-0.25, -0.2) is 0 Å². The largest absolute Gasteiger partial charge is 0.386 e. The number of fused-ring (bicyclic) bond motifs is 1. The highest BCUT2D eigenvalue weighted by atomic mass is 79.9. The van der Waals surface area contributed by atoms with Crippen molar-refractivity contribution in [2.45, 2.75) is 19.9 Å². The van der Waals surface area contributed by atoms with Crippen molar-refractivity contribution in [2.24, 2.45) is 10.9 Å². The highest BCUT2D eigenvalue weighted by Crippen LogP contribution is 2.42. The first-order valence-corrected chi connectivity index (χ1v) is 10.0. The number of para-hydroxylation sites is 1. The summed E-state index contributed by atoms with van der Waals surface area (Å²) in [4.78, 5) is 20.0. The number of allylic oxidation sites excluding steroid dienone is 1. The SMILES string of the molecule is CC(C)C1=C2C(=NCCN1)C(=O)N(c1ccccc1)C2c1ccc(Br)cc1. The van der Waals surface area contributed by atoms with Crippen molar-refractivity contribution in [2.75, 3.05) is 18.0 Å². The quantitative estimate of drug-likeness (QED) is 0.789. The maximum absolute atomic E-state index is 13.4. The van der Waals surface area contributed by atoms with Gasteiger partial charge in [-0.15, -0.1) is 0 Å². The first-order valence-electron chi connectivity index (χ1n) is 9.24. The molecule has 2 aromatic carbocycles. The summed E-state index contributed by atoms with van der Waals surface area (Å²) in [6.45, 7) is 5.68. The summed E-state index contributed by atoms with van der Waals surface area (Å²) in [6.07, 6.45) is 0. The summed E-state index contributed by atoms with van der Waals surface area (Å²) in [7, 11) is 0. The molecule has 0 spiro atoms. The monoisotopic (exact) mass is 423 g/mol. The summed E-state index contributed by atoms with van der Waals surface area (Å²) >= 11 is 3.51. The molecule has 0 saturated carbocycles. The van der Waals surface area contributed by atoms with Gasteiger partial charge in [-0.3, -0.25) is 14.7 Å². The molecule has 1 unspecified atom stereocenters. The Bertz CT molecular complexity index is 916. The Morgan fingerprint density at radius 2 is 1.81 bits per heavy atom. The second-order valence-electron chi connectivity index (χ2n) is 7.10. The van der Waals surface area contributed by atoms with Crippen LogP contribution in [-0.2, 0) is 4.79 Å². The van der Waals surface area contributed by atoms with E-state index in [-0.39, 0.29) is 17.9 Å². The third-order valence-electron chi connectivity index (χ3n) is 4.99. The topological polar surface area (TPSA) is 44.7 Å². The fourth-order valence-electron chi connectivity index (χ4n) is 3.82. The first kappa shape index (κ1) is 18.0. The van der Waals surface area contributed by atoms with Crippen LogP contribution >= 0.6 is 15.9 Å². The maximum atomic E-state index is 13.4. The molecule has 0 aromatic heterocycles. The highest BCUT2D eigenvalue weighted by molar-refractivity contribution is 9.10. The van der Waals surface area contributed by atoms with Gasteiger partial charge in [0.25, 0.3) is 5.91 Å². The van der Waals surface area contributed by atoms with Gasteiger partial charge in [-0.05, 0) is 35.7 Å². The van der Waals surface area contributed by atoms with E-state index in [0.29, 0.717) is 12.3 Å². The molecule has 4 nitrogen and oxygen atoms in total. The van der Waals surface area contributed by atoms with Crippen LogP contribution in [0.15, 0.2) is 75.3 Å². The highest BCUT2D eigenvalue weighted by Gasteiger charge is 2.45. The molecule has 5 heteroatoms. The van der Waals surface area contributed by atoms with Crippen LogP contribution in [0.5, 0.6) is 0 Å². The van der Waals surface area contributed by atoms with Crippen LogP contribution in [0.3, 0.4) is 0 Å². The van der Waals surface area contributed by atoms with E-state index >= 15 is 0 Å². The number of nitrogens with zero attached hydrogens (tertiary/aromatic N) is 2. The second kappa shape index (κ2) is 7.31. The van der Waals surface area contributed by atoms with Crippen molar-refractivity contribution in [1.82, 2.24) is 5.32 Å². The van der Waals surface area contributed by atoms with E-state index in [4.69, 9.17) is 0 Å². The van der Waals surface area contributed by atoms with Crippen LogP contribution < -0.4 is 10.2 Å². The van der Waals surface area contributed by atoms with Crippen LogP contribution in [0.4, 0.5) is 5.69 Å². The number of anilines is 1. The summed E-state index contributed by atoms with van der Waals surface area (Å²) in [5, 5.41) is 3.53. The average molecular weight is 424 g/mol. The molecule has 0 bridgehead atoms. The third-order valence-corrected chi connectivity index (χ3v) is 5.52. The van der Waals surface area contributed by atoms with Gasteiger partial charge in [0.2, 0.25) is 0 Å². The predicted octanol–water partition coefficient (Wildman–Crippen LogP) is 4.49. The molecule has 27 heavy (non-hydrogen) atoms. The number of carbonyl (C=O) groups excluding carboxylic acids is 1. The van der Waals surface area contributed by atoms with Crippen LogP contribution in [0.2, 0.25) is 0 Å². The molecule has 4 rings (SSSR count). The number of aliphatic imine (C=N–C) groups is 1. The van der Waals surface area contributed by atoms with Crippen molar-refractivity contribution >= 4 is 33.2 Å². The Labute approximate surface area is 168 Å². The lowest BCUT2D eigenvalue weighted by Gasteiger charge is -2.27. The molecule has 138 valence electrons. The zero-order valence-electron chi connectivity index (χ0n) is 15.4. The van der Waals surface area contributed by atoms with Gasteiger partial charge in [-0.1, -0.05) is 60.1 Å². The number of hydrogen-bond donors (Lipinski definition) is 1. The van der Waals surface area contributed by atoms with Gasteiger partial charge in [0.15, 0.2) is 0 Å². The van der Waals surface area contributed by atoms with E-state index in [9.17, 15) is 4.79 Å². The molecule has 0 aliphatic carbocycles. The molecule has 2 aliphatic rings. The van der Waals surface area contributed by atoms with Gasteiger partial charge in [0, 0.05) is 28.0 Å². The molecule has 1 atom stereocenters. The van der Waals surface area contributed by atoms with Gasteiger partial charge < -0.3 is 5.32 Å². The van der Waals surface area contributed by atoms with E-state index in [0.717, 1.165) is 33.5 Å². The van der Waals surface area contributed by atoms with E-state index in [2.05, 4.69) is 52.2 Å². The number of nitrogens with one attached hydrogen (secondary N) is 1. The minimum absolute atomic E-state index is 0.0223. The number of amides is 1. The van der Waals surface area contributed by atoms with Crippen molar-refractivity contribution < 1.29 is 4.79 Å². The van der Waals surface area contributed by atoms with Crippen molar-refractivity contribution in [3.63, 3.8) is 0 Å². The maximum Gasteiger partial charge on any atom is 0.277 e. The lowest BCUT2D eigenvalue weighted by atomic mass is 9.92. The second-order valence-corrected chi connectivity index (χ2v) is 8.02. The molecule has 1 N–H and O–H groups in total. The summed E-state index contributed by atoms with van der Waals surface area (Å²) in [5.41, 5.74) is 4.70. The van der Waals surface area contributed by atoms with E-state index < -0.39 is 0 Å². The van der Waals surface area contributed by atoms with E-state index in [1.54, 1.807) is 0 Å². The van der Waals surface area contributed by atoms with Gasteiger partial charge >= 0.3 is 0 Å². The van der Waals surface area contributed by atoms with Gasteiger partial charge in [0.05, 0.1) is 12.6 Å². The molecule has 2 heterocycles. The zero-order valence-corrected chi connectivity index (χ0v) is 17.0. The lowest BCUT2D eigenvalue weighted by molar-refractivity contribution is -0.112. The predicted molar refractivity (Wildman–Crippen MR) is 113 cm³/mol. The zero-order chi connectivity index (χ0) is 19.0. The number of rotatable bonds is 3. The Kier molecular flexibility index (Phi) is 4.87. The van der Waals surface area contributed by atoms with Crippen LogP contribution in [0.25, 0.3) is 0 Å². The summed E-state index contributed by atoms with van der Waals surface area (Å²) in [5.74, 6) is 0.260. The molecular weight excluding hydrogens is 402 g/mol. The first-order chi connectivity index (χ1) is 13.1. The molecule has 2 aromatic rings. The summed E-state index contributed by atoms with van der Waals surface area (Å²) in [6, 6.07) is 17.9. The Balaban J connectivity index is 1.97. The fraction of sp³-hybridized carbons (Fsp3) is 0.273. The van der Waals surface area contributed by atoms with E-state index in [1.807, 2.05) is 47.4 Å². The molecule has 0 radical (unpaired) electrons. The Morgan fingerprint density at radius 1 is 1.11 bits per heavy atom. The number of hydrogen-bond acceptors (Lipinski definition) is 3. The van der Waals surface area contributed by atoms with Crippen molar-refractivity contribution in [3.8, 4) is 0 Å². The van der Waals surface area contributed by atoms with Crippen LogP contribution in [0.1, 0.15) is 25.5 Å². The minimum Gasteiger partial charge on any atom is -0.386 e. The smallest absolute Gasteiger partial charge is 0.277 e. The fourth-order valence-corrected chi connectivity index (χ4v) is 4.08. The van der Waals surface area contributed by atoms with Gasteiger partial charge in [-0.2, -0.15) is 0 Å². The number of halogens is 1. The number of benzene rings is 2. The molecule has 1 saturated heterocycles. The molecule has 2 aliphatic heterocycles. The summed E-state index contributed by atoms with van der Waals surface area (Å²) < 4.78 is 1.02. The molecule has 1 fully saturated rings. The average Bonchev–Trinajstić information content (AvgIpc) is 2.82.